The number of aryl methyl sites for hydroxylation is 1. The van der Waals surface area contributed by atoms with Crippen molar-refractivity contribution in [2.75, 3.05) is 5.32 Å². The number of H-pyrrole nitrogens is 1. The van der Waals surface area contributed by atoms with Gasteiger partial charge in [-0.2, -0.15) is 10.1 Å². The number of nitrogens with one attached hydrogen (secondary N) is 2. The van der Waals surface area contributed by atoms with Crippen LogP contribution < -0.4 is 10.9 Å². The minimum atomic E-state index is -0.130. The Kier molecular flexibility index (Phi) is 3.46. The molecule has 0 aromatic carbocycles. The molecule has 1 aliphatic carbocycles. The van der Waals surface area contributed by atoms with Crippen LogP contribution in [0.4, 0.5) is 5.95 Å². The van der Waals surface area contributed by atoms with Gasteiger partial charge in [0.1, 0.15) is 5.39 Å². The van der Waals surface area contributed by atoms with Gasteiger partial charge in [0.2, 0.25) is 5.95 Å². The van der Waals surface area contributed by atoms with Gasteiger partial charge in [0, 0.05) is 13.1 Å². The highest BCUT2D eigenvalue weighted by Gasteiger charge is 2.24. The molecule has 2 heterocycles. The van der Waals surface area contributed by atoms with Gasteiger partial charge in [-0.05, 0) is 18.8 Å². The van der Waals surface area contributed by atoms with Crippen LogP contribution in [0.15, 0.2) is 11.0 Å². The molecule has 2 atom stereocenters. The number of aromatic nitrogens is 4. The number of rotatable bonds is 3. The van der Waals surface area contributed by atoms with Crippen LogP contribution in [-0.4, -0.2) is 25.8 Å². The minimum Gasteiger partial charge on any atom is -0.353 e. The first-order valence-electron chi connectivity index (χ1n) is 7.37. The second kappa shape index (κ2) is 5.26. The standard InChI is InChI=1S/C14H21N5O/c1-3-9-6-4-5-7-11(9)16-14-17-12-10(13(20)18-14)8-15-19(12)2/h8-9,11H,3-7H2,1-2H3,(H2,16,17,18,20)/t9-,11+/m1/s1. The molecular formula is C14H21N5O. The first-order valence-corrected chi connectivity index (χ1v) is 7.37. The lowest BCUT2D eigenvalue weighted by Crippen LogP contribution is -2.33. The van der Waals surface area contributed by atoms with Crippen molar-refractivity contribution in [1.82, 2.24) is 19.7 Å². The molecular weight excluding hydrogens is 254 g/mol. The van der Waals surface area contributed by atoms with Crippen LogP contribution in [0.3, 0.4) is 0 Å². The molecule has 0 spiro atoms. The quantitative estimate of drug-likeness (QED) is 0.898. The van der Waals surface area contributed by atoms with Gasteiger partial charge in [-0.1, -0.05) is 26.2 Å². The van der Waals surface area contributed by atoms with Crippen LogP contribution in [0, 0.1) is 5.92 Å². The monoisotopic (exact) mass is 275 g/mol. The van der Waals surface area contributed by atoms with E-state index in [-0.39, 0.29) is 5.56 Å². The summed E-state index contributed by atoms with van der Waals surface area (Å²) in [7, 11) is 1.80. The van der Waals surface area contributed by atoms with E-state index in [9.17, 15) is 4.79 Å². The van der Waals surface area contributed by atoms with Gasteiger partial charge in [0.25, 0.3) is 5.56 Å². The van der Waals surface area contributed by atoms with Crippen molar-refractivity contribution in [2.24, 2.45) is 13.0 Å². The Bertz CT molecular complexity index is 659. The molecule has 0 aliphatic heterocycles. The molecule has 2 aromatic heterocycles. The number of hydrogen-bond acceptors (Lipinski definition) is 4. The Labute approximate surface area is 117 Å². The van der Waals surface area contributed by atoms with Crippen LogP contribution in [0.25, 0.3) is 11.0 Å². The van der Waals surface area contributed by atoms with Crippen LogP contribution in [-0.2, 0) is 7.05 Å². The highest BCUT2D eigenvalue weighted by Crippen LogP contribution is 2.28. The van der Waals surface area contributed by atoms with Crippen LogP contribution in [0.5, 0.6) is 0 Å². The molecule has 0 amide bonds. The second-order valence-corrected chi connectivity index (χ2v) is 5.62. The van der Waals surface area contributed by atoms with E-state index in [1.165, 1.54) is 19.3 Å². The fraction of sp³-hybridized carbons (Fsp3) is 0.643. The van der Waals surface area contributed by atoms with E-state index in [2.05, 4.69) is 27.3 Å². The van der Waals surface area contributed by atoms with E-state index in [0.717, 1.165) is 12.8 Å². The van der Waals surface area contributed by atoms with E-state index in [1.807, 2.05) is 0 Å². The fourth-order valence-corrected chi connectivity index (χ4v) is 3.16. The van der Waals surface area contributed by atoms with Crippen molar-refractivity contribution in [3.05, 3.63) is 16.6 Å². The van der Waals surface area contributed by atoms with E-state index >= 15 is 0 Å². The topological polar surface area (TPSA) is 75.6 Å². The van der Waals surface area contributed by atoms with E-state index in [0.29, 0.717) is 28.9 Å². The molecule has 1 aliphatic rings. The summed E-state index contributed by atoms with van der Waals surface area (Å²) in [5, 5.41) is 8.04. The number of fused-ring (bicyclic) bond motifs is 1. The fourth-order valence-electron chi connectivity index (χ4n) is 3.16. The molecule has 1 fully saturated rings. The number of nitrogens with zero attached hydrogens (tertiary/aromatic N) is 3. The average molecular weight is 275 g/mol. The summed E-state index contributed by atoms with van der Waals surface area (Å²) in [6.07, 6.45) is 7.67. The molecule has 0 bridgehead atoms. The molecule has 2 N–H and O–H groups in total. The molecule has 1 saturated carbocycles. The summed E-state index contributed by atoms with van der Waals surface area (Å²) in [4.78, 5) is 19.3. The lowest BCUT2D eigenvalue weighted by molar-refractivity contribution is 0.316. The van der Waals surface area contributed by atoms with E-state index in [1.54, 1.807) is 17.9 Å². The Morgan fingerprint density at radius 3 is 3.05 bits per heavy atom. The molecule has 108 valence electrons. The van der Waals surface area contributed by atoms with Gasteiger partial charge in [0.05, 0.1) is 6.20 Å². The van der Waals surface area contributed by atoms with E-state index in [4.69, 9.17) is 0 Å². The Hall–Kier alpha value is -1.85. The molecule has 0 unspecified atom stereocenters. The predicted octanol–water partition coefficient (Wildman–Crippen LogP) is 2.04. The minimum absolute atomic E-state index is 0.130. The summed E-state index contributed by atoms with van der Waals surface area (Å²) in [5.74, 6) is 1.23. The molecule has 0 saturated heterocycles. The lowest BCUT2D eigenvalue weighted by Gasteiger charge is -2.31. The van der Waals surface area contributed by atoms with E-state index < -0.39 is 0 Å². The zero-order valence-corrected chi connectivity index (χ0v) is 12.0. The van der Waals surface area contributed by atoms with Crippen LogP contribution in [0.2, 0.25) is 0 Å². The third-order valence-electron chi connectivity index (χ3n) is 4.36. The summed E-state index contributed by atoms with van der Waals surface area (Å²) in [6, 6.07) is 0.405. The first-order chi connectivity index (χ1) is 9.69. The second-order valence-electron chi connectivity index (χ2n) is 5.62. The smallest absolute Gasteiger partial charge is 0.263 e. The lowest BCUT2D eigenvalue weighted by atomic mass is 9.83. The Morgan fingerprint density at radius 1 is 1.45 bits per heavy atom. The highest BCUT2D eigenvalue weighted by atomic mass is 16.1. The summed E-state index contributed by atoms with van der Waals surface area (Å²) in [6.45, 7) is 2.23. The molecule has 3 rings (SSSR count). The van der Waals surface area contributed by atoms with Gasteiger partial charge < -0.3 is 5.32 Å². The number of anilines is 1. The molecule has 20 heavy (non-hydrogen) atoms. The first kappa shape index (κ1) is 13.1. The van der Waals surface area contributed by atoms with Crippen molar-refractivity contribution in [3.8, 4) is 0 Å². The molecule has 6 nitrogen and oxygen atoms in total. The highest BCUT2D eigenvalue weighted by molar-refractivity contribution is 5.74. The zero-order chi connectivity index (χ0) is 14.1. The van der Waals surface area contributed by atoms with Gasteiger partial charge in [-0.15, -0.1) is 0 Å². The normalized spacial score (nSPS) is 23.1. The maximum atomic E-state index is 12.0. The third kappa shape index (κ3) is 2.30. The average Bonchev–Trinajstić information content (AvgIpc) is 2.82. The van der Waals surface area contributed by atoms with Crippen LogP contribution >= 0.6 is 0 Å². The molecule has 2 aromatic rings. The van der Waals surface area contributed by atoms with Crippen molar-refractivity contribution in [2.45, 2.75) is 45.1 Å². The van der Waals surface area contributed by atoms with Gasteiger partial charge in [-0.3, -0.25) is 14.5 Å². The summed E-state index contributed by atoms with van der Waals surface area (Å²) < 4.78 is 1.63. The maximum Gasteiger partial charge on any atom is 0.263 e. The van der Waals surface area contributed by atoms with Crippen molar-refractivity contribution in [3.63, 3.8) is 0 Å². The summed E-state index contributed by atoms with van der Waals surface area (Å²) >= 11 is 0. The Morgan fingerprint density at radius 2 is 2.25 bits per heavy atom. The SMILES string of the molecule is CC[C@@H]1CCCC[C@@H]1Nc1nc2c(cnn2C)c(=O)[nH]1. The van der Waals surface area contributed by atoms with Gasteiger partial charge in [-0.25, -0.2) is 0 Å². The zero-order valence-electron chi connectivity index (χ0n) is 12.0. The third-order valence-corrected chi connectivity index (χ3v) is 4.36. The largest absolute Gasteiger partial charge is 0.353 e. The molecule has 0 radical (unpaired) electrons. The summed E-state index contributed by atoms with van der Waals surface area (Å²) in [5.41, 5.74) is 0.495. The van der Waals surface area contributed by atoms with Gasteiger partial charge >= 0.3 is 0 Å². The van der Waals surface area contributed by atoms with Crippen LogP contribution in [0.1, 0.15) is 39.0 Å². The van der Waals surface area contributed by atoms with Crippen molar-refractivity contribution >= 4 is 17.0 Å². The molecule has 6 heteroatoms. The van der Waals surface area contributed by atoms with Crippen molar-refractivity contribution < 1.29 is 0 Å². The predicted molar refractivity (Wildman–Crippen MR) is 78.8 cm³/mol. The van der Waals surface area contributed by atoms with Gasteiger partial charge in [0.15, 0.2) is 5.65 Å². The number of aromatic amines is 1. The number of hydrogen-bond donors (Lipinski definition) is 2. The Balaban J connectivity index is 1.90. The van der Waals surface area contributed by atoms with Crippen molar-refractivity contribution in [1.29, 1.82) is 0 Å². The maximum absolute atomic E-state index is 12.0.